The zero-order valence-electron chi connectivity index (χ0n) is 10.9. The van der Waals surface area contributed by atoms with E-state index in [0.717, 1.165) is 0 Å². The first-order chi connectivity index (χ1) is 9.93. The molecule has 3 N–H and O–H groups in total. The summed E-state index contributed by atoms with van der Waals surface area (Å²) in [6, 6.07) is 9.19. The van der Waals surface area contributed by atoms with Crippen LogP contribution in [0.3, 0.4) is 0 Å². The van der Waals surface area contributed by atoms with Crippen LogP contribution in [-0.2, 0) is 0 Å². The highest BCUT2D eigenvalue weighted by Crippen LogP contribution is 2.36. The summed E-state index contributed by atoms with van der Waals surface area (Å²) >= 11 is 15.3. The molecule has 0 amide bonds. The van der Waals surface area contributed by atoms with Crippen LogP contribution in [0, 0.1) is 5.82 Å². The Morgan fingerprint density at radius 3 is 2.43 bits per heavy atom. The van der Waals surface area contributed by atoms with Crippen LogP contribution < -0.4 is 5.73 Å². The van der Waals surface area contributed by atoms with Crippen LogP contribution in [0.25, 0.3) is 0 Å². The lowest BCUT2D eigenvalue weighted by Gasteiger charge is -2.23. The van der Waals surface area contributed by atoms with Crippen molar-refractivity contribution in [3.63, 3.8) is 0 Å². The third kappa shape index (κ3) is 3.76. The van der Waals surface area contributed by atoms with Gasteiger partial charge in [-0.25, -0.2) is 4.39 Å². The standard InChI is InChI=1S/C15H13BrCl2FNO/c16-12-5-8(1-4-13(12)17)15(21)11(7-20)10-3-2-9(19)6-14(10)18/h1-6,11,15,21H,7,20H2. The molecule has 2 aromatic carbocycles. The smallest absolute Gasteiger partial charge is 0.124 e. The maximum Gasteiger partial charge on any atom is 0.124 e. The average Bonchev–Trinajstić information content (AvgIpc) is 2.44. The molecule has 0 aromatic heterocycles. The fourth-order valence-electron chi connectivity index (χ4n) is 2.16. The van der Waals surface area contributed by atoms with Crippen molar-refractivity contribution in [1.82, 2.24) is 0 Å². The second-order valence-electron chi connectivity index (χ2n) is 4.63. The number of benzene rings is 2. The Labute approximate surface area is 140 Å². The molecule has 2 atom stereocenters. The first-order valence-electron chi connectivity index (χ1n) is 6.22. The van der Waals surface area contributed by atoms with Crippen LogP contribution in [0.5, 0.6) is 0 Å². The third-order valence-electron chi connectivity index (χ3n) is 3.28. The van der Waals surface area contributed by atoms with Crippen LogP contribution in [0.1, 0.15) is 23.1 Å². The third-order valence-corrected chi connectivity index (χ3v) is 4.82. The highest BCUT2D eigenvalue weighted by Gasteiger charge is 2.24. The van der Waals surface area contributed by atoms with Gasteiger partial charge in [-0.15, -0.1) is 0 Å². The van der Waals surface area contributed by atoms with E-state index in [-0.39, 0.29) is 11.6 Å². The van der Waals surface area contributed by atoms with Gasteiger partial charge in [0.2, 0.25) is 0 Å². The molecule has 0 aliphatic rings. The van der Waals surface area contributed by atoms with Crippen molar-refractivity contribution in [3.8, 4) is 0 Å². The number of aliphatic hydroxyl groups excluding tert-OH is 1. The van der Waals surface area contributed by atoms with Gasteiger partial charge in [0.15, 0.2) is 0 Å². The number of hydrogen-bond acceptors (Lipinski definition) is 2. The van der Waals surface area contributed by atoms with Crippen molar-refractivity contribution in [3.05, 3.63) is 67.9 Å². The van der Waals surface area contributed by atoms with Gasteiger partial charge in [-0.05, 0) is 51.3 Å². The largest absolute Gasteiger partial charge is 0.388 e. The van der Waals surface area contributed by atoms with Crippen molar-refractivity contribution in [1.29, 1.82) is 0 Å². The molecule has 6 heteroatoms. The molecule has 2 rings (SSSR count). The lowest BCUT2D eigenvalue weighted by atomic mass is 9.89. The topological polar surface area (TPSA) is 46.2 Å². The van der Waals surface area contributed by atoms with Crippen LogP contribution in [-0.4, -0.2) is 11.7 Å². The van der Waals surface area contributed by atoms with E-state index in [1.54, 1.807) is 24.3 Å². The average molecular weight is 393 g/mol. The van der Waals surface area contributed by atoms with Gasteiger partial charge < -0.3 is 10.8 Å². The summed E-state index contributed by atoms with van der Waals surface area (Å²) in [5.74, 6) is -0.866. The Hall–Kier alpha value is -0.650. The van der Waals surface area contributed by atoms with Crippen molar-refractivity contribution in [2.24, 2.45) is 5.73 Å². The summed E-state index contributed by atoms with van der Waals surface area (Å²) in [5, 5.41) is 11.3. The van der Waals surface area contributed by atoms with E-state index in [1.165, 1.54) is 12.1 Å². The van der Waals surface area contributed by atoms with Crippen molar-refractivity contribution >= 4 is 39.1 Å². The van der Waals surface area contributed by atoms with Gasteiger partial charge in [-0.2, -0.15) is 0 Å². The molecule has 0 saturated carbocycles. The van der Waals surface area contributed by atoms with E-state index in [4.69, 9.17) is 28.9 Å². The molecule has 21 heavy (non-hydrogen) atoms. The van der Waals surface area contributed by atoms with Gasteiger partial charge in [0, 0.05) is 22.0 Å². The molecule has 2 unspecified atom stereocenters. The van der Waals surface area contributed by atoms with E-state index < -0.39 is 17.8 Å². The molecular weight excluding hydrogens is 380 g/mol. The molecule has 0 heterocycles. The minimum absolute atomic E-state index is 0.173. The normalized spacial score (nSPS) is 14.0. The number of aliphatic hydroxyl groups is 1. The summed E-state index contributed by atoms with van der Waals surface area (Å²) < 4.78 is 13.8. The molecule has 0 aliphatic heterocycles. The van der Waals surface area contributed by atoms with Gasteiger partial charge in [-0.3, -0.25) is 0 Å². The second-order valence-corrected chi connectivity index (χ2v) is 6.30. The number of rotatable bonds is 4. The molecule has 0 bridgehead atoms. The SMILES string of the molecule is NCC(c1ccc(F)cc1Cl)C(O)c1ccc(Cl)c(Br)c1. The lowest BCUT2D eigenvalue weighted by molar-refractivity contribution is 0.147. The Morgan fingerprint density at radius 2 is 1.86 bits per heavy atom. The molecule has 0 saturated heterocycles. The fourth-order valence-corrected chi connectivity index (χ4v) is 2.98. The van der Waals surface area contributed by atoms with E-state index in [1.807, 2.05) is 0 Å². The minimum atomic E-state index is -0.869. The van der Waals surface area contributed by atoms with Gasteiger partial charge in [0.05, 0.1) is 11.1 Å². The van der Waals surface area contributed by atoms with Gasteiger partial charge in [-0.1, -0.05) is 35.3 Å². The van der Waals surface area contributed by atoms with Crippen molar-refractivity contribution in [2.45, 2.75) is 12.0 Å². The number of halogens is 4. The zero-order valence-corrected chi connectivity index (χ0v) is 14.0. The Bertz CT molecular complexity index is 654. The first-order valence-corrected chi connectivity index (χ1v) is 7.77. The van der Waals surface area contributed by atoms with Gasteiger partial charge in [0.25, 0.3) is 0 Å². The first kappa shape index (κ1) is 16.7. The van der Waals surface area contributed by atoms with Crippen LogP contribution in [0.15, 0.2) is 40.9 Å². The molecule has 2 nitrogen and oxygen atoms in total. The van der Waals surface area contributed by atoms with Gasteiger partial charge in [0.1, 0.15) is 5.82 Å². The molecule has 0 fully saturated rings. The maximum atomic E-state index is 13.1. The quantitative estimate of drug-likeness (QED) is 0.793. The highest BCUT2D eigenvalue weighted by molar-refractivity contribution is 9.10. The predicted octanol–water partition coefficient (Wildman–Crippen LogP) is 4.67. The highest BCUT2D eigenvalue weighted by atomic mass is 79.9. The minimum Gasteiger partial charge on any atom is -0.388 e. The Kier molecular flexibility index (Phi) is 5.63. The molecule has 0 radical (unpaired) electrons. The van der Waals surface area contributed by atoms with Crippen LogP contribution in [0.4, 0.5) is 4.39 Å². The maximum absolute atomic E-state index is 13.1. The monoisotopic (exact) mass is 391 g/mol. The van der Waals surface area contributed by atoms with Crippen LogP contribution in [0.2, 0.25) is 10.0 Å². The van der Waals surface area contributed by atoms with Crippen molar-refractivity contribution in [2.75, 3.05) is 6.54 Å². The lowest BCUT2D eigenvalue weighted by Crippen LogP contribution is -2.20. The van der Waals surface area contributed by atoms with Crippen molar-refractivity contribution < 1.29 is 9.50 Å². The van der Waals surface area contributed by atoms with E-state index >= 15 is 0 Å². The molecular formula is C15H13BrCl2FNO. The Morgan fingerprint density at radius 1 is 1.14 bits per heavy atom. The molecule has 0 spiro atoms. The summed E-state index contributed by atoms with van der Waals surface area (Å²) in [6.07, 6.45) is -0.869. The van der Waals surface area contributed by atoms with Gasteiger partial charge >= 0.3 is 0 Å². The predicted molar refractivity (Wildman–Crippen MR) is 87.3 cm³/mol. The summed E-state index contributed by atoms with van der Waals surface area (Å²) in [7, 11) is 0. The number of hydrogen-bond donors (Lipinski definition) is 2. The molecule has 112 valence electrons. The summed E-state index contributed by atoms with van der Waals surface area (Å²) in [4.78, 5) is 0. The Balaban J connectivity index is 2.37. The summed E-state index contributed by atoms with van der Waals surface area (Å²) in [6.45, 7) is 0.173. The number of nitrogens with two attached hydrogens (primary N) is 1. The molecule has 2 aromatic rings. The molecule has 0 aliphatic carbocycles. The van der Waals surface area contributed by atoms with E-state index in [9.17, 15) is 9.50 Å². The fraction of sp³-hybridized carbons (Fsp3) is 0.200. The second kappa shape index (κ2) is 7.07. The summed E-state index contributed by atoms with van der Waals surface area (Å²) in [5.41, 5.74) is 7.03. The van der Waals surface area contributed by atoms with E-state index in [2.05, 4.69) is 15.9 Å². The van der Waals surface area contributed by atoms with Crippen LogP contribution >= 0.6 is 39.1 Å². The zero-order chi connectivity index (χ0) is 15.6. The van der Waals surface area contributed by atoms with E-state index in [0.29, 0.717) is 20.6 Å².